The van der Waals surface area contributed by atoms with E-state index in [1.165, 1.54) is 0 Å². The summed E-state index contributed by atoms with van der Waals surface area (Å²) < 4.78 is 29.5. The van der Waals surface area contributed by atoms with E-state index in [2.05, 4.69) is 6.58 Å². The minimum absolute atomic E-state index is 0.0689. The highest BCUT2D eigenvalue weighted by molar-refractivity contribution is 5.60. The molecule has 0 saturated carbocycles. The van der Waals surface area contributed by atoms with Crippen LogP contribution in [0.3, 0.4) is 0 Å². The molecule has 2 aromatic carbocycles. The third-order valence-corrected chi connectivity index (χ3v) is 6.70. The molecule has 0 spiro atoms. The highest BCUT2D eigenvalue weighted by Gasteiger charge is 2.54. The van der Waals surface area contributed by atoms with E-state index in [-0.39, 0.29) is 12.2 Å². The summed E-state index contributed by atoms with van der Waals surface area (Å²) in [5, 5.41) is 11.6. The first-order valence-electron chi connectivity index (χ1n) is 10.1. The number of ether oxygens (including phenoxy) is 5. The number of methoxy groups -OCH3 is 2. The van der Waals surface area contributed by atoms with Crippen molar-refractivity contribution in [2.45, 2.75) is 44.0 Å². The minimum Gasteiger partial charge on any atom is -0.493 e. The van der Waals surface area contributed by atoms with Gasteiger partial charge in [0.25, 0.3) is 0 Å². The summed E-state index contributed by atoms with van der Waals surface area (Å²) >= 11 is 0. The van der Waals surface area contributed by atoms with Gasteiger partial charge in [-0.15, -0.1) is 0 Å². The molecule has 3 aliphatic rings. The van der Waals surface area contributed by atoms with Crippen molar-refractivity contribution in [3.63, 3.8) is 0 Å². The van der Waals surface area contributed by atoms with Crippen LogP contribution >= 0.6 is 0 Å². The minimum atomic E-state index is -0.777. The van der Waals surface area contributed by atoms with Gasteiger partial charge in [0.15, 0.2) is 11.5 Å². The maximum absolute atomic E-state index is 11.6. The van der Waals surface area contributed by atoms with Crippen molar-refractivity contribution in [2.75, 3.05) is 20.8 Å². The van der Waals surface area contributed by atoms with Crippen LogP contribution in [0.25, 0.3) is 0 Å². The van der Waals surface area contributed by atoms with Crippen molar-refractivity contribution in [1.82, 2.24) is 0 Å². The highest BCUT2D eigenvalue weighted by Crippen LogP contribution is 2.56. The molecule has 0 fully saturated rings. The Balaban J connectivity index is 1.62. The summed E-state index contributed by atoms with van der Waals surface area (Å²) in [6.07, 6.45) is -0.519. The Labute approximate surface area is 176 Å². The van der Waals surface area contributed by atoms with Crippen LogP contribution in [0, 0.1) is 0 Å². The molecular weight excluding hydrogens is 383 g/mol. The molecule has 5 rings (SSSR count). The fourth-order valence-electron chi connectivity index (χ4n) is 4.80. The lowest BCUT2D eigenvalue weighted by Gasteiger charge is -2.49. The van der Waals surface area contributed by atoms with Crippen molar-refractivity contribution in [3.05, 3.63) is 53.1 Å². The Morgan fingerprint density at radius 1 is 1.13 bits per heavy atom. The fraction of sp³-hybridized carbons (Fsp3) is 0.417. The van der Waals surface area contributed by atoms with Gasteiger partial charge in [0.1, 0.15) is 36.1 Å². The summed E-state index contributed by atoms with van der Waals surface area (Å²) in [6.45, 7) is 8.32. The summed E-state index contributed by atoms with van der Waals surface area (Å²) in [5.41, 5.74) is 2.85. The van der Waals surface area contributed by atoms with Crippen LogP contribution in [-0.2, 0) is 11.8 Å². The number of hydrogen-bond donors (Lipinski definition) is 1. The van der Waals surface area contributed by atoms with Crippen molar-refractivity contribution >= 4 is 0 Å². The Morgan fingerprint density at radius 3 is 2.57 bits per heavy atom. The van der Waals surface area contributed by atoms with E-state index in [9.17, 15) is 5.11 Å². The van der Waals surface area contributed by atoms with Crippen molar-refractivity contribution in [3.8, 4) is 28.7 Å². The van der Waals surface area contributed by atoms with Gasteiger partial charge < -0.3 is 28.8 Å². The van der Waals surface area contributed by atoms with Crippen molar-refractivity contribution in [2.24, 2.45) is 0 Å². The number of hydrogen-bond acceptors (Lipinski definition) is 6. The predicted molar refractivity (Wildman–Crippen MR) is 111 cm³/mol. The number of benzene rings is 2. The quantitative estimate of drug-likeness (QED) is 0.780. The van der Waals surface area contributed by atoms with Crippen LogP contribution in [-0.4, -0.2) is 38.1 Å². The van der Waals surface area contributed by atoms with Crippen LogP contribution in [0.4, 0.5) is 0 Å². The van der Waals surface area contributed by atoms with Crippen molar-refractivity contribution in [1.29, 1.82) is 0 Å². The van der Waals surface area contributed by atoms with E-state index in [1.54, 1.807) is 14.2 Å². The largest absolute Gasteiger partial charge is 0.493 e. The molecule has 2 aromatic rings. The SMILES string of the molecule is C=C(C)[C@H]1Cc2c(ccc3c2OC2COc4cc(OC)c(OC)cc4C2([11CH3])C3O)O1. The van der Waals surface area contributed by atoms with E-state index in [4.69, 9.17) is 23.7 Å². The number of fused-ring (bicyclic) bond motifs is 6. The molecule has 6 heteroatoms. The molecule has 0 saturated heterocycles. The Kier molecular flexibility index (Phi) is 4.19. The maximum atomic E-state index is 11.6. The maximum Gasteiger partial charge on any atom is 0.164 e. The third-order valence-electron chi connectivity index (χ3n) is 6.70. The lowest BCUT2D eigenvalue weighted by Crippen LogP contribution is -2.54. The molecule has 3 unspecified atom stereocenters. The molecule has 0 aliphatic carbocycles. The van der Waals surface area contributed by atoms with Gasteiger partial charge in [0.05, 0.1) is 25.7 Å². The van der Waals surface area contributed by atoms with Crippen LogP contribution in [0.15, 0.2) is 36.4 Å². The molecule has 1 N–H and O–H groups in total. The van der Waals surface area contributed by atoms with Crippen LogP contribution in [0.1, 0.15) is 36.6 Å². The number of rotatable bonds is 3. The van der Waals surface area contributed by atoms with Crippen LogP contribution in [0.2, 0.25) is 0 Å². The Bertz CT molecular complexity index is 1040. The van der Waals surface area contributed by atoms with E-state index in [0.717, 1.165) is 28.0 Å². The highest BCUT2D eigenvalue weighted by atomic mass is 16.5. The summed E-state index contributed by atoms with van der Waals surface area (Å²) in [7, 11) is 3.19. The van der Waals surface area contributed by atoms with Gasteiger partial charge in [-0.3, -0.25) is 0 Å². The molecule has 158 valence electrons. The molecular formula is C24H26O6. The van der Waals surface area contributed by atoms with Gasteiger partial charge in [0, 0.05) is 29.2 Å². The average molecular weight is 409 g/mol. The van der Waals surface area contributed by atoms with Crippen molar-refractivity contribution < 1.29 is 28.8 Å². The van der Waals surface area contributed by atoms with Crippen LogP contribution in [0.5, 0.6) is 28.7 Å². The first-order chi connectivity index (χ1) is 14.4. The van der Waals surface area contributed by atoms with Crippen LogP contribution < -0.4 is 23.7 Å². The second kappa shape index (κ2) is 6.57. The third kappa shape index (κ3) is 2.46. The van der Waals surface area contributed by atoms with Gasteiger partial charge in [-0.25, -0.2) is 0 Å². The zero-order chi connectivity index (χ0) is 21.2. The molecule has 6 nitrogen and oxygen atoms in total. The van der Waals surface area contributed by atoms with E-state index >= 15 is 0 Å². The molecule has 0 radical (unpaired) electrons. The smallest absolute Gasteiger partial charge is 0.164 e. The second-order valence-corrected chi connectivity index (χ2v) is 8.42. The predicted octanol–water partition coefficient (Wildman–Crippen LogP) is 3.73. The van der Waals surface area contributed by atoms with Gasteiger partial charge >= 0.3 is 0 Å². The molecule has 0 aromatic heterocycles. The summed E-state index contributed by atoms with van der Waals surface area (Å²) in [5.74, 6) is 3.35. The monoisotopic (exact) mass is 409 g/mol. The topological polar surface area (TPSA) is 66.4 Å². The van der Waals surface area contributed by atoms with Gasteiger partial charge in [0.2, 0.25) is 0 Å². The number of aliphatic hydroxyl groups is 1. The van der Waals surface area contributed by atoms with E-state index < -0.39 is 11.5 Å². The summed E-state index contributed by atoms with van der Waals surface area (Å²) in [4.78, 5) is 0. The van der Waals surface area contributed by atoms with E-state index in [1.807, 2.05) is 38.1 Å². The Morgan fingerprint density at radius 2 is 1.87 bits per heavy atom. The molecule has 0 bridgehead atoms. The fourth-order valence-corrected chi connectivity index (χ4v) is 4.80. The average Bonchev–Trinajstić information content (AvgIpc) is 3.19. The van der Waals surface area contributed by atoms with Gasteiger partial charge in [-0.05, 0) is 37.6 Å². The van der Waals surface area contributed by atoms with Gasteiger partial charge in [-0.1, -0.05) is 6.58 Å². The lowest BCUT2D eigenvalue weighted by atomic mass is 9.57. The normalized spacial score (nSPS) is 28.0. The molecule has 4 atom stereocenters. The molecule has 30 heavy (non-hydrogen) atoms. The van der Waals surface area contributed by atoms with Gasteiger partial charge in [-0.2, -0.15) is 0 Å². The zero-order valence-corrected chi connectivity index (χ0v) is 17.7. The molecule has 3 heterocycles. The van der Waals surface area contributed by atoms with E-state index in [0.29, 0.717) is 36.0 Å². The zero-order valence-electron chi connectivity index (χ0n) is 17.7. The second-order valence-electron chi connectivity index (χ2n) is 8.42. The first kappa shape index (κ1) is 19.1. The lowest BCUT2D eigenvalue weighted by molar-refractivity contribution is -0.0516. The Hall–Kier alpha value is -2.86. The number of aliphatic hydroxyl groups excluding tert-OH is 1. The molecule has 3 aliphatic heterocycles. The first-order valence-corrected chi connectivity index (χ1v) is 10.1. The summed E-state index contributed by atoms with van der Waals surface area (Å²) in [6, 6.07) is 7.51. The molecule has 0 amide bonds. The standard InChI is InChI=1S/C24H26O6/c1-12(2)17-8-14-16(29-17)7-6-13-22(14)30-21-11-28-18-10-20(27-5)19(26-4)9-15(18)24(21,3)23(13)25/h6-7,9-10,17,21,23,25H,1,8,11H2,2-5H3/t17-,21?,23?,24?/m1/s1/i3-1.